The van der Waals surface area contributed by atoms with Gasteiger partial charge >= 0.3 is 5.69 Å². The van der Waals surface area contributed by atoms with Crippen LogP contribution in [0.15, 0.2) is 82.5 Å². The molecule has 0 aliphatic carbocycles. The summed E-state index contributed by atoms with van der Waals surface area (Å²) in [6.45, 7) is 7.46. The van der Waals surface area contributed by atoms with Crippen molar-refractivity contribution >= 4 is 27.3 Å². The minimum Gasteiger partial charge on any atom is -0.372 e. The Morgan fingerprint density at radius 2 is 1.67 bits per heavy atom. The maximum atomic E-state index is 15.3. The molecule has 10 heteroatoms. The van der Waals surface area contributed by atoms with Crippen molar-refractivity contribution in [3.05, 3.63) is 99.5 Å². The molecule has 3 heterocycles. The van der Waals surface area contributed by atoms with Crippen LogP contribution in [0.3, 0.4) is 0 Å². The van der Waals surface area contributed by atoms with E-state index in [0.29, 0.717) is 18.7 Å². The average Bonchev–Trinajstić information content (AvgIpc) is 3.33. The lowest BCUT2D eigenvalue weighted by atomic mass is 10.1. The van der Waals surface area contributed by atoms with Crippen LogP contribution in [-0.4, -0.2) is 51.6 Å². The van der Waals surface area contributed by atoms with E-state index in [1.54, 1.807) is 6.20 Å². The molecule has 39 heavy (non-hydrogen) atoms. The first kappa shape index (κ1) is 27.1. The number of nitrogens with zero attached hydrogens (tertiary/aromatic N) is 6. The van der Waals surface area contributed by atoms with Crippen molar-refractivity contribution in [2.24, 2.45) is 0 Å². The SMILES string of the molecule is CCC(C(C)OCc1ccccc1)n1ncn(-c2ncc(N3CCN(c4ccc(Br)cc4)CC3)cc2F)c1=O. The fourth-order valence-electron chi connectivity index (χ4n) is 4.95. The molecule has 0 radical (unpaired) electrons. The van der Waals surface area contributed by atoms with Crippen molar-refractivity contribution in [3.8, 4) is 5.82 Å². The molecule has 0 saturated carbocycles. The second kappa shape index (κ2) is 12.1. The van der Waals surface area contributed by atoms with E-state index in [1.165, 1.54) is 22.8 Å². The van der Waals surface area contributed by atoms with Gasteiger partial charge in [0.15, 0.2) is 11.6 Å². The molecule has 0 amide bonds. The molecular formula is C29H32BrFN6O2. The van der Waals surface area contributed by atoms with Crippen molar-refractivity contribution in [3.63, 3.8) is 0 Å². The van der Waals surface area contributed by atoms with Crippen LogP contribution in [0.25, 0.3) is 5.82 Å². The fourth-order valence-corrected chi connectivity index (χ4v) is 5.22. The lowest BCUT2D eigenvalue weighted by Gasteiger charge is -2.37. The van der Waals surface area contributed by atoms with Crippen molar-refractivity contribution in [1.82, 2.24) is 19.3 Å². The zero-order chi connectivity index (χ0) is 27.4. The van der Waals surface area contributed by atoms with Gasteiger partial charge in [-0.2, -0.15) is 5.10 Å². The molecule has 8 nitrogen and oxygen atoms in total. The Morgan fingerprint density at radius 1 is 1.00 bits per heavy atom. The molecule has 2 unspecified atom stereocenters. The third kappa shape index (κ3) is 6.07. The first-order valence-corrected chi connectivity index (χ1v) is 14.0. The number of halogens is 2. The first-order chi connectivity index (χ1) is 18.9. The molecule has 0 spiro atoms. The Morgan fingerprint density at radius 3 is 2.31 bits per heavy atom. The molecule has 4 aromatic rings. The summed E-state index contributed by atoms with van der Waals surface area (Å²) in [5.74, 6) is -0.623. The second-order valence-corrected chi connectivity index (χ2v) is 10.6. The van der Waals surface area contributed by atoms with E-state index in [4.69, 9.17) is 4.74 Å². The number of anilines is 2. The number of hydrogen-bond donors (Lipinski definition) is 0. The average molecular weight is 596 g/mol. The van der Waals surface area contributed by atoms with E-state index in [2.05, 4.69) is 47.9 Å². The van der Waals surface area contributed by atoms with Gasteiger partial charge in [0.1, 0.15) is 6.33 Å². The van der Waals surface area contributed by atoms with Crippen LogP contribution in [0.4, 0.5) is 15.8 Å². The van der Waals surface area contributed by atoms with Crippen LogP contribution in [0, 0.1) is 5.82 Å². The highest BCUT2D eigenvalue weighted by atomic mass is 79.9. The van der Waals surface area contributed by atoms with Gasteiger partial charge in [-0.3, -0.25) is 0 Å². The molecule has 0 N–H and O–H groups in total. The summed E-state index contributed by atoms with van der Waals surface area (Å²) in [6, 6.07) is 19.3. The van der Waals surface area contributed by atoms with Gasteiger partial charge in [0.2, 0.25) is 0 Å². The second-order valence-electron chi connectivity index (χ2n) is 9.65. The largest absolute Gasteiger partial charge is 0.372 e. The summed E-state index contributed by atoms with van der Waals surface area (Å²) >= 11 is 3.47. The molecule has 2 atom stereocenters. The van der Waals surface area contributed by atoms with Gasteiger partial charge in [0.25, 0.3) is 0 Å². The lowest BCUT2D eigenvalue weighted by molar-refractivity contribution is 0.0117. The van der Waals surface area contributed by atoms with Gasteiger partial charge in [0.05, 0.1) is 30.6 Å². The van der Waals surface area contributed by atoms with E-state index in [1.807, 2.05) is 56.3 Å². The first-order valence-electron chi connectivity index (χ1n) is 13.2. The number of piperazine rings is 1. The molecule has 1 saturated heterocycles. The highest BCUT2D eigenvalue weighted by molar-refractivity contribution is 9.10. The molecule has 2 aromatic carbocycles. The standard InChI is InChI=1S/C29H32BrFN6O2/c1-3-27(21(2)39-19-22-7-5-4-6-8-22)37-29(38)36(20-33-37)28-26(31)17-25(18-32-28)35-15-13-34(14-16-35)24-11-9-23(30)10-12-24/h4-12,17-18,20-21,27H,3,13-16,19H2,1-2H3. The lowest BCUT2D eigenvalue weighted by Crippen LogP contribution is -2.46. The Hall–Kier alpha value is -3.50. The summed E-state index contributed by atoms with van der Waals surface area (Å²) in [5.41, 5.74) is 2.47. The zero-order valence-corrected chi connectivity index (χ0v) is 23.7. The summed E-state index contributed by atoms with van der Waals surface area (Å²) in [7, 11) is 0. The predicted octanol–water partition coefficient (Wildman–Crippen LogP) is 5.21. The van der Waals surface area contributed by atoms with Crippen LogP contribution < -0.4 is 15.5 Å². The van der Waals surface area contributed by atoms with Crippen LogP contribution in [0.1, 0.15) is 31.9 Å². The molecule has 1 aliphatic heterocycles. The Labute approximate surface area is 235 Å². The topological polar surface area (TPSA) is 68.4 Å². The highest BCUT2D eigenvalue weighted by Gasteiger charge is 2.24. The Bertz CT molecular complexity index is 1430. The van der Waals surface area contributed by atoms with Crippen LogP contribution >= 0.6 is 15.9 Å². The molecule has 1 fully saturated rings. The Balaban J connectivity index is 1.26. The Kier molecular flexibility index (Phi) is 8.42. The molecule has 204 valence electrons. The molecule has 5 rings (SSSR count). The number of rotatable bonds is 9. The molecule has 0 bridgehead atoms. The maximum absolute atomic E-state index is 15.3. The fraction of sp³-hybridized carbons (Fsp3) is 0.345. The van der Waals surface area contributed by atoms with Crippen molar-refractivity contribution in [2.45, 2.75) is 39.0 Å². The number of aromatic nitrogens is 4. The van der Waals surface area contributed by atoms with Gasteiger partial charge in [-0.1, -0.05) is 53.2 Å². The van der Waals surface area contributed by atoms with E-state index in [-0.39, 0.29) is 18.0 Å². The van der Waals surface area contributed by atoms with Crippen molar-refractivity contribution in [2.75, 3.05) is 36.0 Å². The number of benzene rings is 2. The predicted molar refractivity (Wildman–Crippen MR) is 154 cm³/mol. The van der Waals surface area contributed by atoms with Crippen LogP contribution in [0.2, 0.25) is 0 Å². The normalized spacial score (nSPS) is 15.4. The number of ether oxygens (including phenoxy) is 1. The highest BCUT2D eigenvalue weighted by Crippen LogP contribution is 2.24. The third-order valence-corrected chi connectivity index (χ3v) is 7.72. The third-order valence-electron chi connectivity index (χ3n) is 7.20. The van der Waals surface area contributed by atoms with E-state index in [0.717, 1.165) is 40.8 Å². The van der Waals surface area contributed by atoms with Gasteiger partial charge in [0, 0.05) is 42.4 Å². The van der Waals surface area contributed by atoms with Crippen molar-refractivity contribution < 1.29 is 9.13 Å². The number of pyridine rings is 1. The molecule has 2 aromatic heterocycles. The summed E-state index contributed by atoms with van der Waals surface area (Å²) < 4.78 is 24.9. The number of hydrogen-bond acceptors (Lipinski definition) is 6. The zero-order valence-electron chi connectivity index (χ0n) is 22.1. The smallest absolute Gasteiger partial charge is 0.352 e. The maximum Gasteiger partial charge on any atom is 0.352 e. The van der Waals surface area contributed by atoms with E-state index >= 15 is 4.39 Å². The van der Waals surface area contributed by atoms with Crippen molar-refractivity contribution in [1.29, 1.82) is 0 Å². The van der Waals surface area contributed by atoms with Gasteiger partial charge in [-0.15, -0.1) is 0 Å². The molecule has 1 aliphatic rings. The van der Waals surface area contributed by atoms with Crippen LogP contribution in [-0.2, 0) is 11.3 Å². The van der Waals surface area contributed by atoms with Gasteiger partial charge < -0.3 is 14.5 Å². The summed E-state index contributed by atoms with van der Waals surface area (Å²) in [4.78, 5) is 22.0. The van der Waals surface area contributed by atoms with Crippen LogP contribution in [0.5, 0.6) is 0 Å². The van der Waals surface area contributed by atoms with E-state index in [9.17, 15) is 4.79 Å². The monoisotopic (exact) mass is 594 g/mol. The van der Waals surface area contributed by atoms with E-state index < -0.39 is 11.5 Å². The molecular weight excluding hydrogens is 563 g/mol. The quantitative estimate of drug-likeness (QED) is 0.265. The summed E-state index contributed by atoms with van der Waals surface area (Å²) in [6.07, 6.45) is 3.32. The minimum absolute atomic E-state index is 0.0591. The van der Waals surface area contributed by atoms with Gasteiger partial charge in [-0.25, -0.2) is 23.4 Å². The minimum atomic E-state index is -0.564. The van der Waals surface area contributed by atoms with Gasteiger partial charge in [-0.05, 0) is 43.2 Å². The summed E-state index contributed by atoms with van der Waals surface area (Å²) in [5, 5.41) is 4.30.